The van der Waals surface area contributed by atoms with Crippen molar-refractivity contribution in [1.29, 1.82) is 0 Å². The van der Waals surface area contributed by atoms with Crippen molar-refractivity contribution in [2.24, 2.45) is 10.9 Å². The van der Waals surface area contributed by atoms with E-state index in [4.69, 9.17) is 22.5 Å². The maximum Gasteiger partial charge on any atom is 0.269 e. The Kier molecular flexibility index (Phi) is 4.34. The third kappa shape index (κ3) is 3.55. The number of carbonyl (C=O) groups is 1. The number of halogens is 1. The highest BCUT2D eigenvalue weighted by Gasteiger charge is 2.16. The Morgan fingerprint density at radius 2 is 1.64 bits per heavy atom. The maximum absolute atomic E-state index is 11.5. The van der Waals surface area contributed by atoms with Gasteiger partial charge in [-0.25, -0.2) is 18.2 Å². The minimum atomic E-state index is -3.80. The van der Waals surface area contributed by atoms with Crippen LogP contribution in [0.25, 0.3) is 16.9 Å². The maximum atomic E-state index is 11.5. The van der Waals surface area contributed by atoms with Crippen molar-refractivity contribution in [2.75, 3.05) is 0 Å². The molecule has 0 saturated heterocycles. The fraction of sp³-hybridized carbons (Fsp3) is 0. The molecule has 25 heavy (non-hydrogen) atoms. The van der Waals surface area contributed by atoms with Crippen LogP contribution in [0.3, 0.4) is 0 Å². The topological polar surface area (TPSA) is 121 Å². The fourth-order valence-electron chi connectivity index (χ4n) is 2.30. The molecule has 128 valence electrons. The van der Waals surface area contributed by atoms with Gasteiger partial charge in [-0.2, -0.15) is 5.10 Å². The SMILES string of the molecule is NC(=O)c1cc(-c2ccc(Cl)cc2)n(-c2ccc(S(N)(=O)=O)cc2)n1. The Labute approximate surface area is 148 Å². The van der Waals surface area contributed by atoms with Crippen LogP contribution in [-0.2, 0) is 10.0 Å². The van der Waals surface area contributed by atoms with Crippen LogP contribution in [0.5, 0.6) is 0 Å². The van der Waals surface area contributed by atoms with E-state index in [1.165, 1.54) is 28.9 Å². The summed E-state index contributed by atoms with van der Waals surface area (Å²) in [5, 5.41) is 9.87. The highest BCUT2D eigenvalue weighted by Crippen LogP contribution is 2.26. The zero-order valence-corrected chi connectivity index (χ0v) is 14.3. The van der Waals surface area contributed by atoms with E-state index in [0.29, 0.717) is 16.4 Å². The lowest BCUT2D eigenvalue weighted by atomic mass is 10.1. The molecule has 0 fully saturated rings. The molecular weight excluding hydrogens is 364 g/mol. The number of primary sulfonamides is 1. The van der Waals surface area contributed by atoms with Gasteiger partial charge in [0.25, 0.3) is 5.91 Å². The van der Waals surface area contributed by atoms with Gasteiger partial charge in [0.1, 0.15) is 0 Å². The van der Waals surface area contributed by atoms with E-state index in [9.17, 15) is 13.2 Å². The van der Waals surface area contributed by atoms with Crippen molar-refractivity contribution in [2.45, 2.75) is 4.90 Å². The predicted octanol–water partition coefficient (Wildman–Crippen LogP) is 1.94. The second-order valence-corrected chi connectivity index (χ2v) is 7.23. The van der Waals surface area contributed by atoms with Crippen LogP contribution in [-0.4, -0.2) is 24.1 Å². The van der Waals surface area contributed by atoms with Gasteiger partial charge in [-0.1, -0.05) is 23.7 Å². The molecule has 0 spiro atoms. The van der Waals surface area contributed by atoms with Crippen molar-refractivity contribution in [3.8, 4) is 16.9 Å². The van der Waals surface area contributed by atoms with E-state index in [-0.39, 0.29) is 10.6 Å². The molecule has 0 radical (unpaired) electrons. The van der Waals surface area contributed by atoms with Crippen LogP contribution in [0, 0.1) is 0 Å². The molecule has 1 heterocycles. The van der Waals surface area contributed by atoms with Crippen LogP contribution in [0.4, 0.5) is 0 Å². The molecule has 0 atom stereocenters. The average Bonchev–Trinajstić information content (AvgIpc) is 3.00. The van der Waals surface area contributed by atoms with Crippen molar-refractivity contribution < 1.29 is 13.2 Å². The summed E-state index contributed by atoms with van der Waals surface area (Å²) in [5.74, 6) is -0.671. The van der Waals surface area contributed by atoms with Gasteiger partial charge < -0.3 is 5.73 Å². The first-order chi connectivity index (χ1) is 11.8. The van der Waals surface area contributed by atoms with Crippen molar-refractivity contribution in [1.82, 2.24) is 9.78 Å². The zero-order valence-electron chi connectivity index (χ0n) is 12.8. The van der Waals surface area contributed by atoms with Crippen molar-refractivity contribution in [3.05, 3.63) is 65.3 Å². The van der Waals surface area contributed by atoms with Crippen LogP contribution in [0.1, 0.15) is 10.5 Å². The Bertz CT molecular complexity index is 1040. The number of hydrogen-bond donors (Lipinski definition) is 2. The molecule has 1 aromatic heterocycles. The lowest BCUT2D eigenvalue weighted by molar-refractivity contribution is 0.0995. The summed E-state index contributed by atoms with van der Waals surface area (Å²) in [5.41, 5.74) is 7.32. The standard InChI is InChI=1S/C16H13ClN4O3S/c17-11-3-1-10(2-4-11)15-9-14(16(18)22)20-21(15)12-5-7-13(8-6-12)25(19,23)24/h1-9H,(H2,18,22)(H2,19,23,24). The lowest BCUT2D eigenvalue weighted by Gasteiger charge is -2.08. The van der Waals surface area contributed by atoms with Gasteiger partial charge in [-0.15, -0.1) is 0 Å². The molecular formula is C16H13ClN4O3S. The third-order valence-corrected chi connectivity index (χ3v) is 4.69. The van der Waals surface area contributed by atoms with Gasteiger partial charge in [0.15, 0.2) is 5.69 Å². The number of nitrogens with two attached hydrogens (primary N) is 2. The van der Waals surface area contributed by atoms with E-state index in [1.807, 2.05) is 0 Å². The van der Waals surface area contributed by atoms with Gasteiger partial charge in [-0.05, 0) is 42.5 Å². The molecule has 0 aliphatic heterocycles. The molecule has 3 rings (SSSR count). The zero-order chi connectivity index (χ0) is 18.2. The summed E-state index contributed by atoms with van der Waals surface area (Å²) in [7, 11) is -3.80. The Balaban J connectivity index is 2.14. The summed E-state index contributed by atoms with van der Waals surface area (Å²) < 4.78 is 24.2. The first kappa shape index (κ1) is 17.2. The summed E-state index contributed by atoms with van der Waals surface area (Å²) in [4.78, 5) is 11.5. The van der Waals surface area contributed by atoms with Crippen molar-refractivity contribution in [3.63, 3.8) is 0 Å². The quantitative estimate of drug-likeness (QED) is 0.722. The smallest absolute Gasteiger partial charge is 0.269 e. The number of aromatic nitrogens is 2. The monoisotopic (exact) mass is 376 g/mol. The molecule has 2 aromatic carbocycles. The normalized spacial score (nSPS) is 11.4. The molecule has 0 unspecified atom stereocenters. The van der Waals surface area contributed by atoms with Gasteiger partial charge in [-0.3, -0.25) is 4.79 Å². The molecule has 0 saturated carbocycles. The summed E-state index contributed by atoms with van der Waals surface area (Å²) in [6, 6.07) is 14.3. The van der Waals surface area contributed by atoms with Crippen LogP contribution in [0.2, 0.25) is 5.02 Å². The second-order valence-electron chi connectivity index (χ2n) is 5.24. The second kappa shape index (κ2) is 6.32. The molecule has 7 nitrogen and oxygen atoms in total. The molecule has 0 bridgehead atoms. The van der Waals surface area contributed by atoms with Crippen molar-refractivity contribution >= 4 is 27.5 Å². The van der Waals surface area contributed by atoms with E-state index in [0.717, 1.165) is 5.56 Å². The highest BCUT2D eigenvalue weighted by molar-refractivity contribution is 7.89. The number of benzene rings is 2. The predicted molar refractivity (Wildman–Crippen MR) is 93.9 cm³/mol. The Morgan fingerprint density at radius 1 is 1.04 bits per heavy atom. The van der Waals surface area contributed by atoms with E-state index in [2.05, 4.69) is 5.10 Å². The van der Waals surface area contributed by atoms with E-state index >= 15 is 0 Å². The fourth-order valence-corrected chi connectivity index (χ4v) is 2.94. The van der Waals surface area contributed by atoms with Gasteiger partial charge in [0, 0.05) is 10.6 Å². The number of amides is 1. The number of sulfonamides is 1. The van der Waals surface area contributed by atoms with E-state index < -0.39 is 15.9 Å². The molecule has 0 aliphatic carbocycles. The number of primary amides is 1. The first-order valence-corrected chi connectivity index (χ1v) is 8.97. The largest absolute Gasteiger partial charge is 0.364 e. The number of hydrogen-bond acceptors (Lipinski definition) is 4. The van der Waals surface area contributed by atoms with Crippen LogP contribution < -0.4 is 10.9 Å². The summed E-state index contributed by atoms with van der Waals surface area (Å²) >= 11 is 5.91. The van der Waals surface area contributed by atoms with Gasteiger partial charge in [0.2, 0.25) is 10.0 Å². The first-order valence-electron chi connectivity index (χ1n) is 7.05. The number of carbonyl (C=O) groups excluding carboxylic acids is 1. The van der Waals surface area contributed by atoms with Gasteiger partial charge in [0.05, 0.1) is 16.3 Å². The number of nitrogens with zero attached hydrogens (tertiary/aromatic N) is 2. The summed E-state index contributed by atoms with van der Waals surface area (Å²) in [6.45, 7) is 0. The Morgan fingerprint density at radius 3 is 2.16 bits per heavy atom. The lowest BCUT2D eigenvalue weighted by Crippen LogP contribution is -2.13. The third-order valence-electron chi connectivity index (χ3n) is 3.51. The molecule has 1 amide bonds. The minimum absolute atomic E-state index is 0.0217. The Hall–Kier alpha value is -2.68. The molecule has 3 aromatic rings. The average molecular weight is 377 g/mol. The highest BCUT2D eigenvalue weighted by atomic mass is 35.5. The van der Waals surface area contributed by atoms with Crippen LogP contribution in [0.15, 0.2) is 59.5 Å². The summed E-state index contributed by atoms with van der Waals surface area (Å²) in [6.07, 6.45) is 0. The minimum Gasteiger partial charge on any atom is -0.364 e. The van der Waals surface area contributed by atoms with Gasteiger partial charge >= 0.3 is 0 Å². The van der Waals surface area contributed by atoms with Crippen LogP contribution >= 0.6 is 11.6 Å². The molecule has 9 heteroatoms. The molecule has 0 aliphatic rings. The van der Waals surface area contributed by atoms with E-state index in [1.54, 1.807) is 30.3 Å². The molecule has 4 N–H and O–H groups in total. The number of rotatable bonds is 4.